The molecule has 0 spiro atoms. The van der Waals surface area contributed by atoms with Crippen LogP contribution in [0, 0.1) is 11.3 Å². The quantitative estimate of drug-likeness (QED) is 0.451. The van der Waals surface area contributed by atoms with Gasteiger partial charge < -0.3 is 15.7 Å². The lowest BCUT2D eigenvalue weighted by Crippen LogP contribution is -2.08. The smallest absolute Gasteiger partial charge is 0.229 e. The Hall–Kier alpha value is -3.14. The van der Waals surface area contributed by atoms with Crippen LogP contribution in [0.1, 0.15) is 29.7 Å². The number of nitrogens with one attached hydrogen (secondary N) is 2. The van der Waals surface area contributed by atoms with Gasteiger partial charge in [0.2, 0.25) is 5.95 Å². The van der Waals surface area contributed by atoms with Gasteiger partial charge in [0.25, 0.3) is 0 Å². The fraction of sp³-hybridized carbons (Fsp3) is 0.227. The third-order valence-corrected chi connectivity index (χ3v) is 4.49. The molecule has 0 aliphatic rings. The molecule has 3 N–H and O–H groups in total. The summed E-state index contributed by atoms with van der Waals surface area (Å²) < 4.78 is 0. The van der Waals surface area contributed by atoms with Crippen LogP contribution in [0.3, 0.4) is 0 Å². The van der Waals surface area contributed by atoms with Gasteiger partial charge in [-0.2, -0.15) is 10.2 Å². The molecule has 29 heavy (non-hydrogen) atoms. The van der Waals surface area contributed by atoms with Crippen molar-refractivity contribution in [2.24, 2.45) is 0 Å². The molecule has 0 fully saturated rings. The Morgan fingerprint density at radius 2 is 1.76 bits per heavy atom. The van der Waals surface area contributed by atoms with Crippen molar-refractivity contribution < 1.29 is 5.11 Å². The van der Waals surface area contributed by atoms with Crippen molar-refractivity contribution in [3.8, 4) is 6.07 Å². The second-order valence-electron chi connectivity index (χ2n) is 6.54. The molecule has 0 bridgehead atoms. The average Bonchev–Trinajstić information content (AvgIpc) is 2.73. The number of halogens is 1. The van der Waals surface area contributed by atoms with Crippen LogP contribution in [-0.2, 0) is 6.42 Å². The monoisotopic (exact) mass is 407 g/mol. The maximum Gasteiger partial charge on any atom is 0.229 e. The van der Waals surface area contributed by atoms with Gasteiger partial charge in [-0.05, 0) is 54.8 Å². The molecule has 3 aromatic rings. The standard InChI is InChI=1S/C22H22ClN5O/c23-18-7-3-16(4-8-18)13-20-14-21(25-11-1-2-12-29)28-22(27-20)26-19-9-5-17(15-24)6-10-19/h3-10,14,29H,1-2,11-13H2,(H2,25,26,27,28). The van der Waals surface area contributed by atoms with E-state index < -0.39 is 0 Å². The summed E-state index contributed by atoms with van der Waals surface area (Å²) in [4.78, 5) is 9.18. The molecule has 1 heterocycles. The Kier molecular flexibility index (Phi) is 7.40. The molecule has 7 heteroatoms. The average molecular weight is 408 g/mol. The predicted molar refractivity (Wildman–Crippen MR) is 116 cm³/mol. The molecule has 0 radical (unpaired) electrons. The fourth-order valence-electron chi connectivity index (χ4n) is 2.76. The van der Waals surface area contributed by atoms with E-state index in [2.05, 4.69) is 26.7 Å². The van der Waals surface area contributed by atoms with Crippen molar-refractivity contribution in [2.45, 2.75) is 19.3 Å². The summed E-state index contributed by atoms with van der Waals surface area (Å²) in [6.45, 7) is 0.896. The van der Waals surface area contributed by atoms with E-state index in [1.807, 2.05) is 42.5 Å². The molecule has 0 aliphatic heterocycles. The highest BCUT2D eigenvalue weighted by Gasteiger charge is 2.07. The Morgan fingerprint density at radius 3 is 2.45 bits per heavy atom. The molecule has 3 rings (SSSR count). The minimum Gasteiger partial charge on any atom is -0.396 e. The number of rotatable bonds is 9. The molecule has 0 saturated carbocycles. The topological polar surface area (TPSA) is 93.9 Å². The van der Waals surface area contributed by atoms with E-state index in [4.69, 9.17) is 22.0 Å². The van der Waals surface area contributed by atoms with Crippen molar-refractivity contribution in [1.29, 1.82) is 5.26 Å². The van der Waals surface area contributed by atoms with E-state index in [-0.39, 0.29) is 6.61 Å². The lowest BCUT2D eigenvalue weighted by atomic mass is 10.1. The van der Waals surface area contributed by atoms with E-state index in [1.54, 1.807) is 12.1 Å². The number of anilines is 3. The summed E-state index contributed by atoms with van der Waals surface area (Å²) in [5.41, 5.74) is 3.37. The third-order valence-electron chi connectivity index (χ3n) is 4.24. The number of nitrogens with zero attached hydrogens (tertiary/aromatic N) is 3. The SMILES string of the molecule is N#Cc1ccc(Nc2nc(Cc3ccc(Cl)cc3)cc(NCCCCO)n2)cc1. The molecule has 148 valence electrons. The second-order valence-corrected chi connectivity index (χ2v) is 6.98. The van der Waals surface area contributed by atoms with Crippen LogP contribution in [0.25, 0.3) is 0 Å². The van der Waals surface area contributed by atoms with Gasteiger partial charge in [-0.1, -0.05) is 23.7 Å². The van der Waals surface area contributed by atoms with Crippen LogP contribution in [0.5, 0.6) is 0 Å². The summed E-state index contributed by atoms with van der Waals surface area (Å²) in [5, 5.41) is 25.1. The van der Waals surface area contributed by atoms with Crippen LogP contribution < -0.4 is 10.6 Å². The van der Waals surface area contributed by atoms with Crippen LogP contribution in [0.2, 0.25) is 5.02 Å². The van der Waals surface area contributed by atoms with E-state index in [9.17, 15) is 0 Å². The van der Waals surface area contributed by atoms with E-state index in [0.29, 0.717) is 29.5 Å². The number of unbranched alkanes of at least 4 members (excludes halogenated alkanes) is 1. The summed E-state index contributed by atoms with van der Waals surface area (Å²) in [6, 6.07) is 18.8. The maximum atomic E-state index is 8.94. The van der Waals surface area contributed by atoms with Crippen LogP contribution in [0.15, 0.2) is 54.6 Å². The zero-order valence-corrected chi connectivity index (χ0v) is 16.7. The van der Waals surface area contributed by atoms with Crippen LogP contribution in [-0.4, -0.2) is 28.2 Å². The molecule has 0 unspecified atom stereocenters. The number of nitriles is 1. The number of aliphatic hydroxyl groups is 1. The molecule has 6 nitrogen and oxygen atoms in total. The summed E-state index contributed by atoms with van der Waals surface area (Å²) in [5.74, 6) is 1.20. The van der Waals surface area contributed by atoms with Crippen molar-refractivity contribution in [3.05, 3.63) is 76.4 Å². The van der Waals surface area contributed by atoms with Gasteiger partial charge in [0.05, 0.1) is 17.3 Å². The Morgan fingerprint density at radius 1 is 1.00 bits per heavy atom. The first-order chi connectivity index (χ1) is 14.2. The highest BCUT2D eigenvalue weighted by Crippen LogP contribution is 2.19. The minimum atomic E-state index is 0.179. The Bertz CT molecular complexity index is 968. The van der Waals surface area contributed by atoms with Crippen molar-refractivity contribution >= 4 is 29.1 Å². The largest absolute Gasteiger partial charge is 0.396 e. The van der Waals surface area contributed by atoms with Gasteiger partial charge in [0.1, 0.15) is 5.82 Å². The van der Waals surface area contributed by atoms with Gasteiger partial charge in [-0.15, -0.1) is 0 Å². The highest BCUT2D eigenvalue weighted by atomic mass is 35.5. The molecule has 0 amide bonds. The number of aliphatic hydroxyl groups excluding tert-OH is 1. The zero-order valence-electron chi connectivity index (χ0n) is 15.9. The van der Waals surface area contributed by atoms with Crippen molar-refractivity contribution in [2.75, 3.05) is 23.8 Å². The zero-order chi connectivity index (χ0) is 20.5. The van der Waals surface area contributed by atoms with Crippen LogP contribution >= 0.6 is 11.6 Å². The third kappa shape index (κ3) is 6.46. The van der Waals surface area contributed by atoms with E-state index >= 15 is 0 Å². The second kappa shape index (κ2) is 10.4. The Balaban J connectivity index is 1.80. The molecule has 1 aromatic heterocycles. The van der Waals surface area contributed by atoms with Gasteiger partial charge in [-0.25, -0.2) is 4.98 Å². The van der Waals surface area contributed by atoms with Gasteiger partial charge in [-0.3, -0.25) is 0 Å². The highest BCUT2D eigenvalue weighted by molar-refractivity contribution is 6.30. The first-order valence-electron chi connectivity index (χ1n) is 9.40. The minimum absolute atomic E-state index is 0.179. The number of aromatic nitrogens is 2. The van der Waals surface area contributed by atoms with E-state index in [0.717, 1.165) is 35.6 Å². The number of hydrogen-bond acceptors (Lipinski definition) is 6. The molecule has 2 aromatic carbocycles. The molecule has 0 atom stereocenters. The Labute approximate surface area is 175 Å². The first kappa shape index (κ1) is 20.6. The summed E-state index contributed by atoms with van der Waals surface area (Å²) >= 11 is 5.98. The normalized spacial score (nSPS) is 10.4. The maximum absolute atomic E-state index is 8.94. The van der Waals surface area contributed by atoms with Gasteiger partial charge in [0.15, 0.2) is 0 Å². The molecule has 0 aliphatic carbocycles. The van der Waals surface area contributed by atoms with Gasteiger partial charge >= 0.3 is 0 Å². The first-order valence-corrected chi connectivity index (χ1v) is 9.78. The fourth-order valence-corrected chi connectivity index (χ4v) is 2.88. The number of hydrogen-bond donors (Lipinski definition) is 3. The number of benzene rings is 2. The molecular weight excluding hydrogens is 386 g/mol. The van der Waals surface area contributed by atoms with Crippen LogP contribution in [0.4, 0.5) is 17.5 Å². The summed E-state index contributed by atoms with van der Waals surface area (Å²) in [6.07, 6.45) is 2.24. The van der Waals surface area contributed by atoms with Crippen molar-refractivity contribution in [3.63, 3.8) is 0 Å². The lowest BCUT2D eigenvalue weighted by molar-refractivity contribution is 0.286. The molecular formula is C22H22ClN5O. The molecule has 0 saturated heterocycles. The summed E-state index contributed by atoms with van der Waals surface area (Å²) in [7, 11) is 0. The lowest BCUT2D eigenvalue weighted by Gasteiger charge is -2.12. The van der Waals surface area contributed by atoms with Crippen molar-refractivity contribution in [1.82, 2.24) is 9.97 Å². The van der Waals surface area contributed by atoms with E-state index in [1.165, 1.54) is 0 Å². The van der Waals surface area contributed by atoms with Gasteiger partial charge in [0, 0.05) is 36.3 Å². The predicted octanol–water partition coefficient (Wildman–Crippen LogP) is 4.52.